The van der Waals surface area contributed by atoms with Gasteiger partial charge in [-0.05, 0) is 38.0 Å². The lowest BCUT2D eigenvalue weighted by Crippen LogP contribution is -2.32. The molecule has 6 heteroatoms. The van der Waals surface area contributed by atoms with E-state index < -0.39 is 23.6 Å². The molecule has 0 saturated heterocycles. The molecule has 0 aliphatic rings. The van der Waals surface area contributed by atoms with Crippen molar-refractivity contribution in [1.29, 1.82) is 0 Å². The predicted octanol–water partition coefficient (Wildman–Crippen LogP) is 2.54. The average molecular weight is 297 g/mol. The fourth-order valence-electron chi connectivity index (χ4n) is 1.92. The molecule has 21 heavy (non-hydrogen) atoms. The molecule has 5 nitrogen and oxygen atoms in total. The number of halogens is 1. The fourth-order valence-corrected chi connectivity index (χ4v) is 1.92. The minimum Gasteiger partial charge on any atom is -0.507 e. The topological polar surface area (TPSA) is 86.6 Å². The molecule has 0 aliphatic heterocycles. The van der Waals surface area contributed by atoms with Crippen molar-refractivity contribution in [2.45, 2.75) is 39.2 Å². The van der Waals surface area contributed by atoms with Crippen LogP contribution >= 0.6 is 0 Å². The highest BCUT2D eigenvalue weighted by Crippen LogP contribution is 2.18. The zero-order valence-corrected chi connectivity index (χ0v) is 12.1. The van der Waals surface area contributed by atoms with Gasteiger partial charge in [0, 0.05) is 6.04 Å². The molecule has 1 aromatic carbocycles. The predicted molar refractivity (Wildman–Crippen MR) is 75.6 cm³/mol. The van der Waals surface area contributed by atoms with Crippen molar-refractivity contribution in [3.8, 4) is 5.75 Å². The van der Waals surface area contributed by atoms with E-state index >= 15 is 0 Å². The number of hydrogen-bond donors (Lipinski definition) is 3. The monoisotopic (exact) mass is 297 g/mol. The molecule has 0 aliphatic carbocycles. The Bertz CT molecular complexity index is 518. The lowest BCUT2D eigenvalue weighted by atomic mass is 10.0. The van der Waals surface area contributed by atoms with Crippen molar-refractivity contribution < 1.29 is 24.2 Å². The average Bonchev–Trinajstić information content (AvgIpc) is 2.41. The molecule has 0 radical (unpaired) electrons. The maximum Gasteiger partial charge on any atom is 0.306 e. The number of amides is 1. The van der Waals surface area contributed by atoms with E-state index in [9.17, 15) is 19.1 Å². The Morgan fingerprint density at radius 1 is 1.29 bits per heavy atom. The van der Waals surface area contributed by atoms with E-state index in [-0.39, 0.29) is 17.4 Å². The van der Waals surface area contributed by atoms with E-state index in [0.29, 0.717) is 19.3 Å². The summed E-state index contributed by atoms with van der Waals surface area (Å²) in [5.41, 5.74) is -0.110. The number of carbonyl (C=O) groups is 2. The molecule has 0 bridgehead atoms. The van der Waals surface area contributed by atoms with Crippen molar-refractivity contribution in [3.05, 3.63) is 29.6 Å². The van der Waals surface area contributed by atoms with Crippen LogP contribution in [0.1, 0.15) is 43.5 Å². The highest BCUT2D eigenvalue weighted by molar-refractivity contribution is 5.96. The standard InChI is InChI=1S/C15H20FNO4/c1-9(15(20)21)4-3-5-10(2)17-14(19)12-8-11(16)6-7-13(12)18/h6-10,18H,3-5H2,1-2H3,(H,17,19)(H,20,21). The van der Waals surface area contributed by atoms with E-state index in [0.717, 1.165) is 18.2 Å². The summed E-state index contributed by atoms with van der Waals surface area (Å²) in [4.78, 5) is 22.6. The highest BCUT2D eigenvalue weighted by atomic mass is 19.1. The van der Waals surface area contributed by atoms with E-state index in [1.165, 1.54) is 0 Å². The Balaban J connectivity index is 2.47. The summed E-state index contributed by atoms with van der Waals surface area (Å²) < 4.78 is 13.1. The molecule has 1 rings (SSSR count). The van der Waals surface area contributed by atoms with Gasteiger partial charge in [-0.3, -0.25) is 9.59 Å². The van der Waals surface area contributed by atoms with Gasteiger partial charge in [-0.15, -0.1) is 0 Å². The number of aromatic hydroxyl groups is 1. The zero-order chi connectivity index (χ0) is 16.0. The van der Waals surface area contributed by atoms with Crippen molar-refractivity contribution in [2.24, 2.45) is 5.92 Å². The van der Waals surface area contributed by atoms with E-state index in [1.807, 2.05) is 0 Å². The molecular weight excluding hydrogens is 277 g/mol. The van der Waals surface area contributed by atoms with Gasteiger partial charge in [0.15, 0.2) is 0 Å². The maximum atomic E-state index is 13.1. The molecule has 1 aromatic rings. The number of phenolic OH excluding ortho intramolecular Hbond substituents is 1. The Labute approximate surface area is 122 Å². The SMILES string of the molecule is CC(CCCC(C)C(=O)O)NC(=O)c1cc(F)ccc1O. The summed E-state index contributed by atoms with van der Waals surface area (Å²) >= 11 is 0. The van der Waals surface area contributed by atoms with E-state index in [4.69, 9.17) is 5.11 Å². The first-order valence-electron chi connectivity index (χ1n) is 6.83. The molecule has 0 aromatic heterocycles. The van der Waals surface area contributed by atoms with Gasteiger partial charge in [-0.25, -0.2) is 4.39 Å². The minimum atomic E-state index is -0.837. The van der Waals surface area contributed by atoms with Gasteiger partial charge < -0.3 is 15.5 Å². The normalized spacial score (nSPS) is 13.5. The number of nitrogens with one attached hydrogen (secondary N) is 1. The number of carbonyl (C=O) groups excluding carboxylic acids is 1. The van der Waals surface area contributed by atoms with Crippen molar-refractivity contribution in [1.82, 2.24) is 5.32 Å². The quantitative estimate of drug-likeness (QED) is 0.722. The van der Waals surface area contributed by atoms with Crippen LogP contribution in [0, 0.1) is 11.7 Å². The second-order valence-corrected chi connectivity index (χ2v) is 5.21. The summed E-state index contributed by atoms with van der Waals surface area (Å²) in [6.45, 7) is 3.41. The minimum absolute atomic E-state index is 0.110. The number of carboxylic acid groups (broad SMARTS) is 1. The van der Waals surface area contributed by atoms with Crippen LogP contribution in [0.5, 0.6) is 5.75 Å². The van der Waals surface area contributed by atoms with Gasteiger partial charge in [0.25, 0.3) is 5.91 Å². The Morgan fingerprint density at radius 3 is 2.57 bits per heavy atom. The molecule has 0 saturated carbocycles. The first kappa shape index (κ1) is 16.9. The second kappa shape index (κ2) is 7.61. The molecule has 0 spiro atoms. The number of carboxylic acids is 1. The number of aliphatic carboxylic acids is 1. The fraction of sp³-hybridized carbons (Fsp3) is 0.467. The third kappa shape index (κ3) is 5.41. The first-order valence-corrected chi connectivity index (χ1v) is 6.83. The lowest BCUT2D eigenvalue weighted by molar-refractivity contribution is -0.141. The molecular formula is C15H20FNO4. The summed E-state index contributed by atoms with van der Waals surface area (Å²) in [5, 5.41) is 21.0. The zero-order valence-electron chi connectivity index (χ0n) is 12.1. The third-order valence-corrected chi connectivity index (χ3v) is 3.28. The molecule has 3 N–H and O–H groups in total. The summed E-state index contributed by atoms with van der Waals surface area (Å²) in [5.74, 6) is -2.68. The summed E-state index contributed by atoms with van der Waals surface area (Å²) in [6.07, 6.45) is 1.80. The second-order valence-electron chi connectivity index (χ2n) is 5.21. The number of hydrogen-bond acceptors (Lipinski definition) is 3. The molecule has 2 unspecified atom stereocenters. The maximum absolute atomic E-state index is 13.1. The van der Waals surface area contributed by atoms with Crippen LogP contribution in [0.25, 0.3) is 0 Å². The van der Waals surface area contributed by atoms with Crippen LogP contribution in [-0.2, 0) is 4.79 Å². The Morgan fingerprint density at radius 2 is 1.95 bits per heavy atom. The Hall–Kier alpha value is -2.11. The van der Waals surface area contributed by atoms with Gasteiger partial charge in [0.2, 0.25) is 0 Å². The first-order chi connectivity index (χ1) is 9.81. The van der Waals surface area contributed by atoms with Crippen LogP contribution in [0.4, 0.5) is 4.39 Å². The molecule has 0 fully saturated rings. The van der Waals surface area contributed by atoms with Crippen molar-refractivity contribution in [2.75, 3.05) is 0 Å². The number of rotatable bonds is 7. The summed E-state index contributed by atoms with van der Waals surface area (Å²) in [7, 11) is 0. The van der Waals surface area contributed by atoms with Crippen molar-refractivity contribution >= 4 is 11.9 Å². The highest BCUT2D eigenvalue weighted by Gasteiger charge is 2.15. The smallest absolute Gasteiger partial charge is 0.306 e. The van der Waals surface area contributed by atoms with E-state index in [1.54, 1.807) is 13.8 Å². The van der Waals surface area contributed by atoms with Gasteiger partial charge >= 0.3 is 5.97 Å². The van der Waals surface area contributed by atoms with Gasteiger partial charge in [-0.1, -0.05) is 13.3 Å². The van der Waals surface area contributed by atoms with Gasteiger partial charge in [0.1, 0.15) is 11.6 Å². The number of phenols is 1. The van der Waals surface area contributed by atoms with Crippen molar-refractivity contribution in [3.63, 3.8) is 0 Å². The van der Waals surface area contributed by atoms with Crippen LogP contribution in [0.3, 0.4) is 0 Å². The third-order valence-electron chi connectivity index (χ3n) is 3.28. The largest absolute Gasteiger partial charge is 0.507 e. The lowest BCUT2D eigenvalue weighted by Gasteiger charge is -2.15. The van der Waals surface area contributed by atoms with Gasteiger partial charge in [0.05, 0.1) is 11.5 Å². The van der Waals surface area contributed by atoms with Crippen LogP contribution in [-0.4, -0.2) is 28.1 Å². The molecule has 0 heterocycles. The van der Waals surface area contributed by atoms with Crippen LogP contribution in [0.2, 0.25) is 0 Å². The van der Waals surface area contributed by atoms with E-state index in [2.05, 4.69) is 5.32 Å². The number of benzene rings is 1. The summed E-state index contributed by atoms with van der Waals surface area (Å²) in [6, 6.07) is 2.98. The molecule has 116 valence electrons. The molecule has 1 amide bonds. The molecule has 2 atom stereocenters. The van der Waals surface area contributed by atoms with Gasteiger partial charge in [-0.2, -0.15) is 0 Å². The Kier molecular flexibility index (Phi) is 6.14. The van der Waals surface area contributed by atoms with Crippen LogP contribution < -0.4 is 5.32 Å². The van der Waals surface area contributed by atoms with Crippen LogP contribution in [0.15, 0.2) is 18.2 Å².